The van der Waals surface area contributed by atoms with Crippen molar-refractivity contribution in [3.8, 4) is 17.6 Å². The average Bonchev–Trinajstić information content (AvgIpc) is 2.75. The van der Waals surface area contributed by atoms with Gasteiger partial charge in [-0.3, -0.25) is 0 Å². The summed E-state index contributed by atoms with van der Waals surface area (Å²) in [6, 6.07) is 20.1. The highest BCUT2D eigenvalue weighted by Gasteiger charge is 2.21. The van der Waals surface area contributed by atoms with Crippen LogP contribution in [0.2, 0.25) is 5.02 Å². The summed E-state index contributed by atoms with van der Waals surface area (Å²) in [6.07, 6.45) is 1.66. The molecular weight excluding hydrogens is 490 g/mol. The van der Waals surface area contributed by atoms with E-state index in [1.807, 2.05) is 0 Å². The molecule has 0 atom stereocenters. The van der Waals surface area contributed by atoms with Crippen LogP contribution in [0, 0.1) is 11.3 Å². The van der Waals surface area contributed by atoms with Crippen molar-refractivity contribution in [1.82, 2.24) is 0 Å². The molecule has 0 aliphatic heterocycles. The van der Waals surface area contributed by atoms with Crippen LogP contribution in [0.3, 0.4) is 0 Å². The molecule has 0 fully saturated rings. The zero-order chi connectivity index (χ0) is 21.7. The maximum absolute atomic E-state index is 12.6. The third-order valence-electron chi connectivity index (χ3n) is 4.06. The molecule has 30 heavy (non-hydrogen) atoms. The highest BCUT2D eigenvalue weighted by molar-refractivity contribution is 9.10. The summed E-state index contributed by atoms with van der Waals surface area (Å²) in [6.45, 7) is 0. The molecule has 0 aromatic heterocycles. The molecular formula is C22H15BrClNO4S. The van der Waals surface area contributed by atoms with Crippen LogP contribution in [-0.2, 0) is 10.1 Å². The predicted molar refractivity (Wildman–Crippen MR) is 120 cm³/mol. The van der Waals surface area contributed by atoms with Crippen LogP contribution in [0.5, 0.6) is 11.5 Å². The quantitative estimate of drug-likeness (QED) is 0.236. The molecule has 3 aromatic rings. The van der Waals surface area contributed by atoms with Crippen molar-refractivity contribution >= 4 is 49.3 Å². The van der Waals surface area contributed by atoms with Crippen molar-refractivity contribution in [2.24, 2.45) is 0 Å². The number of ether oxygens (including phenoxy) is 1. The van der Waals surface area contributed by atoms with Crippen LogP contribution >= 0.6 is 27.5 Å². The lowest BCUT2D eigenvalue weighted by molar-refractivity contribution is 0.389. The van der Waals surface area contributed by atoms with Crippen molar-refractivity contribution in [2.45, 2.75) is 4.90 Å². The van der Waals surface area contributed by atoms with Crippen LogP contribution in [0.1, 0.15) is 11.1 Å². The zero-order valence-corrected chi connectivity index (χ0v) is 18.8. The van der Waals surface area contributed by atoms with Gasteiger partial charge in [0, 0.05) is 5.02 Å². The third-order valence-corrected chi connectivity index (χ3v) is 6.14. The normalized spacial score (nSPS) is 11.6. The van der Waals surface area contributed by atoms with Crippen molar-refractivity contribution in [3.05, 3.63) is 87.4 Å². The van der Waals surface area contributed by atoms with E-state index in [0.29, 0.717) is 26.2 Å². The number of nitriles is 1. The van der Waals surface area contributed by atoms with Crippen LogP contribution in [0.25, 0.3) is 11.6 Å². The second-order valence-electron chi connectivity index (χ2n) is 6.06. The molecule has 0 N–H and O–H groups in total. The van der Waals surface area contributed by atoms with Crippen molar-refractivity contribution in [2.75, 3.05) is 7.11 Å². The lowest BCUT2D eigenvalue weighted by Crippen LogP contribution is -2.10. The standard InChI is InChI=1S/C22H15BrClNO4S/c1-28-21-13-15(11-17(14-25)16-7-9-18(24)10-8-16)12-20(23)22(21)29-30(26,27)19-5-3-2-4-6-19/h2-13H,1H3/b17-11+. The Morgan fingerprint density at radius 3 is 2.37 bits per heavy atom. The van der Waals surface area contributed by atoms with Gasteiger partial charge in [0.1, 0.15) is 4.90 Å². The summed E-state index contributed by atoms with van der Waals surface area (Å²) in [5, 5.41) is 10.1. The predicted octanol–water partition coefficient (Wildman–Crippen LogP) is 5.94. The van der Waals surface area contributed by atoms with E-state index in [0.717, 1.165) is 0 Å². The Bertz CT molecular complexity index is 1230. The van der Waals surface area contributed by atoms with E-state index in [1.165, 1.54) is 19.2 Å². The first kappa shape index (κ1) is 21.9. The molecule has 3 aromatic carbocycles. The Morgan fingerprint density at radius 2 is 1.77 bits per heavy atom. The minimum Gasteiger partial charge on any atom is -0.493 e. The third kappa shape index (κ3) is 5.03. The summed E-state index contributed by atoms with van der Waals surface area (Å²) < 4.78 is 36.2. The number of allylic oxidation sites excluding steroid dienone is 1. The van der Waals surface area contributed by atoms with Crippen LogP contribution < -0.4 is 8.92 Å². The van der Waals surface area contributed by atoms with Crippen LogP contribution in [-0.4, -0.2) is 15.5 Å². The molecule has 0 bridgehead atoms. The van der Waals surface area contributed by atoms with Gasteiger partial charge in [-0.15, -0.1) is 0 Å². The van der Waals surface area contributed by atoms with Gasteiger partial charge in [0.05, 0.1) is 23.2 Å². The Balaban J connectivity index is 2.00. The fourth-order valence-corrected chi connectivity index (χ4v) is 4.38. The molecule has 0 heterocycles. The van der Waals surface area contributed by atoms with E-state index in [-0.39, 0.29) is 16.4 Å². The first-order chi connectivity index (χ1) is 14.3. The fourth-order valence-electron chi connectivity index (χ4n) is 2.63. The molecule has 0 saturated carbocycles. The first-order valence-electron chi connectivity index (χ1n) is 8.59. The number of halogens is 2. The SMILES string of the molecule is COc1cc(/C=C(\C#N)c2ccc(Cl)cc2)cc(Br)c1OS(=O)(=O)c1ccccc1. The number of rotatable bonds is 6. The Morgan fingerprint density at radius 1 is 1.10 bits per heavy atom. The first-order valence-corrected chi connectivity index (χ1v) is 11.2. The Kier molecular flexibility index (Phi) is 6.83. The molecule has 8 heteroatoms. The molecule has 3 rings (SSSR count). The highest BCUT2D eigenvalue weighted by atomic mass is 79.9. The zero-order valence-electron chi connectivity index (χ0n) is 15.7. The average molecular weight is 505 g/mol. The Labute approximate surface area is 188 Å². The Hall–Kier alpha value is -2.79. The molecule has 0 aliphatic carbocycles. The van der Waals surface area contributed by atoms with E-state index in [1.54, 1.807) is 60.7 Å². The fraction of sp³-hybridized carbons (Fsp3) is 0.0455. The van der Waals surface area contributed by atoms with E-state index in [2.05, 4.69) is 22.0 Å². The van der Waals surface area contributed by atoms with Crippen LogP contribution in [0.15, 0.2) is 76.1 Å². The summed E-state index contributed by atoms with van der Waals surface area (Å²) in [4.78, 5) is 0.0254. The van der Waals surface area contributed by atoms with Crippen molar-refractivity contribution < 1.29 is 17.3 Å². The van der Waals surface area contributed by atoms with Gasteiger partial charge in [-0.25, -0.2) is 0 Å². The second kappa shape index (κ2) is 9.35. The number of hydrogen-bond donors (Lipinski definition) is 0. The maximum Gasteiger partial charge on any atom is 0.339 e. The van der Waals surface area contributed by atoms with Gasteiger partial charge < -0.3 is 8.92 Å². The van der Waals surface area contributed by atoms with E-state index in [9.17, 15) is 13.7 Å². The minimum atomic E-state index is -4.05. The number of benzene rings is 3. The molecule has 5 nitrogen and oxygen atoms in total. The smallest absolute Gasteiger partial charge is 0.339 e. The number of methoxy groups -OCH3 is 1. The van der Waals surface area contributed by atoms with E-state index < -0.39 is 10.1 Å². The molecule has 0 radical (unpaired) electrons. The highest BCUT2D eigenvalue weighted by Crippen LogP contribution is 2.39. The van der Waals surface area contributed by atoms with Gasteiger partial charge in [0.15, 0.2) is 11.5 Å². The van der Waals surface area contributed by atoms with Crippen molar-refractivity contribution in [3.63, 3.8) is 0 Å². The van der Waals surface area contributed by atoms with Crippen LogP contribution in [0.4, 0.5) is 0 Å². The van der Waals surface area contributed by atoms with E-state index in [4.69, 9.17) is 20.5 Å². The van der Waals surface area contributed by atoms with Gasteiger partial charge >= 0.3 is 10.1 Å². The largest absolute Gasteiger partial charge is 0.493 e. The minimum absolute atomic E-state index is 0.0171. The van der Waals surface area contributed by atoms with Crippen molar-refractivity contribution in [1.29, 1.82) is 5.26 Å². The molecule has 0 amide bonds. The number of hydrogen-bond acceptors (Lipinski definition) is 5. The summed E-state index contributed by atoms with van der Waals surface area (Å²) in [5.41, 5.74) is 1.73. The monoisotopic (exact) mass is 503 g/mol. The summed E-state index contributed by atoms with van der Waals surface area (Å²) in [7, 11) is -2.64. The molecule has 0 aliphatic rings. The van der Waals surface area contributed by atoms with Gasteiger partial charge in [0.2, 0.25) is 0 Å². The van der Waals surface area contributed by atoms with Gasteiger partial charge in [-0.2, -0.15) is 13.7 Å². The topological polar surface area (TPSA) is 76.4 Å². The van der Waals surface area contributed by atoms with Gasteiger partial charge in [0.25, 0.3) is 0 Å². The second-order valence-corrected chi connectivity index (χ2v) is 8.90. The lowest BCUT2D eigenvalue weighted by atomic mass is 10.0. The lowest BCUT2D eigenvalue weighted by Gasteiger charge is -2.13. The van der Waals surface area contributed by atoms with Gasteiger partial charge in [-0.1, -0.05) is 41.9 Å². The molecule has 0 unspecified atom stereocenters. The van der Waals surface area contributed by atoms with Gasteiger partial charge in [-0.05, 0) is 69.5 Å². The summed E-state index contributed by atoms with van der Waals surface area (Å²) in [5.74, 6) is 0.215. The number of nitrogens with zero attached hydrogens (tertiary/aromatic N) is 1. The van der Waals surface area contributed by atoms with E-state index >= 15 is 0 Å². The molecule has 152 valence electrons. The molecule has 0 saturated heterocycles. The molecule has 0 spiro atoms. The summed E-state index contributed by atoms with van der Waals surface area (Å²) >= 11 is 9.25. The maximum atomic E-state index is 12.6.